The summed E-state index contributed by atoms with van der Waals surface area (Å²) in [6, 6.07) is 8.89. The Kier molecular flexibility index (Phi) is 3.07. The number of rotatable bonds is 3. The molecule has 3 N–H and O–H groups in total. The van der Waals surface area contributed by atoms with Gasteiger partial charge in [0.05, 0.1) is 11.8 Å². The maximum absolute atomic E-state index is 11.7. The Morgan fingerprint density at radius 3 is 2.48 bits per heavy atom. The van der Waals surface area contributed by atoms with Crippen LogP contribution in [0.5, 0.6) is 0 Å². The van der Waals surface area contributed by atoms with Crippen molar-refractivity contribution in [1.29, 1.82) is 0 Å². The first kappa shape index (κ1) is 13.5. The smallest absolute Gasteiger partial charge is 0.274 e. The highest BCUT2D eigenvalue weighted by Crippen LogP contribution is 2.25. The van der Waals surface area contributed by atoms with Crippen LogP contribution in [0.2, 0.25) is 0 Å². The molecule has 21 heavy (non-hydrogen) atoms. The molecule has 108 valence electrons. The van der Waals surface area contributed by atoms with Crippen LogP contribution in [0, 0.1) is 6.92 Å². The molecule has 3 aromatic rings. The number of H-pyrrole nitrogens is 1. The van der Waals surface area contributed by atoms with Crippen LogP contribution >= 0.6 is 0 Å². The van der Waals surface area contributed by atoms with E-state index < -0.39 is 10.0 Å². The second-order valence-electron chi connectivity index (χ2n) is 4.43. The summed E-state index contributed by atoms with van der Waals surface area (Å²) in [4.78, 5) is 0. The van der Waals surface area contributed by atoms with E-state index in [0.29, 0.717) is 17.1 Å². The molecule has 0 bridgehead atoms. The fourth-order valence-corrected chi connectivity index (χ4v) is 2.62. The van der Waals surface area contributed by atoms with Crippen molar-refractivity contribution >= 4 is 10.0 Å². The van der Waals surface area contributed by atoms with E-state index in [0.717, 1.165) is 5.69 Å². The van der Waals surface area contributed by atoms with Gasteiger partial charge in [-0.25, -0.2) is 13.6 Å². The second-order valence-corrected chi connectivity index (χ2v) is 5.89. The zero-order valence-corrected chi connectivity index (χ0v) is 11.9. The first-order valence-corrected chi connectivity index (χ1v) is 7.57. The number of para-hydroxylation sites is 1. The van der Waals surface area contributed by atoms with Crippen LogP contribution in [0.1, 0.15) is 5.69 Å². The Labute approximate surface area is 120 Å². The number of aryl methyl sites for hydroxylation is 1. The number of nitrogens with one attached hydrogen (secondary N) is 1. The lowest BCUT2D eigenvalue weighted by Crippen LogP contribution is -2.18. The normalized spacial score (nSPS) is 11.7. The molecule has 8 nitrogen and oxygen atoms in total. The van der Waals surface area contributed by atoms with E-state index in [1.165, 1.54) is 4.57 Å². The number of hydrogen-bond acceptors (Lipinski definition) is 5. The summed E-state index contributed by atoms with van der Waals surface area (Å²) in [6.45, 7) is 1.81. The SMILES string of the molecule is Cc1[nH]ncc1-c1nnc(S(N)(=O)=O)n1-c1ccccc1. The molecule has 0 spiro atoms. The molecule has 0 amide bonds. The van der Waals surface area contributed by atoms with Gasteiger partial charge in [0.2, 0.25) is 0 Å². The third kappa shape index (κ3) is 2.32. The Morgan fingerprint density at radius 1 is 1.19 bits per heavy atom. The van der Waals surface area contributed by atoms with Gasteiger partial charge in [-0.3, -0.25) is 9.67 Å². The molecule has 0 unspecified atom stereocenters. The molecular weight excluding hydrogens is 292 g/mol. The first-order chi connectivity index (χ1) is 9.98. The Morgan fingerprint density at radius 2 is 1.90 bits per heavy atom. The maximum Gasteiger partial charge on any atom is 0.274 e. The van der Waals surface area contributed by atoms with Crippen LogP contribution in [0.4, 0.5) is 0 Å². The topological polar surface area (TPSA) is 120 Å². The quantitative estimate of drug-likeness (QED) is 0.734. The predicted molar refractivity (Wildman–Crippen MR) is 75.1 cm³/mol. The molecule has 0 saturated heterocycles. The third-order valence-corrected chi connectivity index (χ3v) is 3.75. The number of sulfonamides is 1. The van der Waals surface area contributed by atoms with E-state index in [9.17, 15) is 8.42 Å². The summed E-state index contributed by atoms with van der Waals surface area (Å²) >= 11 is 0. The molecule has 0 saturated carbocycles. The molecular formula is C12H12N6O2S. The number of nitrogens with zero attached hydrogens (tertiary/aromatic N) is 4. The molecule has 0 radical (unpaired) electrons. The van der Waals surface area contributed by atoms with Crippen molar-refractivity contribution < 1.29 is 8.42 Å². The molecule has 2 heterocycles. The molecule has 0 aliphatic rings. The Bertz CT molecular complexity index is 882. The van der Waals surface area contributed by atoms with Crippen LogP contribution in [-0.4, -0.2) is 33.4 Å². The number of hydrogen-bond donors (Lipinski definition) is 2. The lowest BCUT2D eigenvalue weighted by Gasteiger charge is -2.08. The van der Waals surface area contributed by atoms with Crippen molar-refractivity contribution in [2.24, 2.45) is 5.14 Å². The number of aromatic amines is 1. The third-order valence-electron chi connectivity index (χ3n) is 2.97. The number of aromatic nitrogens is 5. The minimum atomic E-state index is -4.01. The zero-order chi connectivity index (χ0) is 15.0. The largest absolute Gasteiger partial charge is 0.282 e. The van der Waals surface area contributed by atoms with Gasteiger partial charge in [-0.2, -0.15) is 5.10 Å². The van der Waals surface area contributed by atoms with Gasteiger partial charge < -0.3 is 0 Å². The lowest BCUT2D eigenvalue weighted by molar-refractivity contribution is 0.585. The van der Waals surface area contributed by atoms with Gasteiger partial charge >= 0.3 is 0 Å². The highest BCUT2D eigenvalue weighted by molar-refractivity contribution is 7.89. The summed E-state index contributed by atoms with van der Waals surface area (Å²) in [5.74, 6) is 0.358. The van der Waals surface area contributed by atoms with Crippen LogP contribution in [0.3, 0.4) is 0 Å². The van der Waals surface area contributed by atoms with Gasteiger partial charge in [0.25, 0.3) is 15.2 Å². The van der Waals surface area contributed by atoms with Gasteiger partial charge in [-0.05, 0) is 19.1 Å². The zero-order valence-electron chi connectivity index (χ0n) is 11.1. The van der Waals surface area contributed by atoms with Crippen molar-refractivity contribution in [3.8, 4) is 17.1 Å². The molecule has 0 aliphatic heterocycles. The van der Waals surface area contributed by atoms with Crippen LogP contribution < -0.4 is 5.14 Å². The highest BCUT2D eigenvalue weighted by atomic mass is 32.2. The molecule has 0 aliphatic carbocycles. The van der Waals surface area contributed by atoms with E-state index >= 15 is 0 Å². The Hall–Kier alpha value is -2.52. The summed E-state index contributed by atoms with van der Waals surface area (Å²) in [7, 11) is -4.01. The standard InChI is InChI=1S/C12H12N6O2S/c1-8-10(7-14-15-8)11-16-17-12(21(13,19)20)18(11)9-5-3-2-4-6-9/h2-7H,1H3,(H,14,15)(H2,13,19,20). The monoisotopic (exact) mass is 304 g/mol. The first-order valence-electron chi connectivity index (χ1n) is 6.02. The minimum Gasteiger partial charge on any atom is -0.282 e. The van der Waals surface area contributed by atoms with Crippen molar-refractivity contribution in [2.45, 2.75) is 12.1 Å². The van der Waals surface area contributed by atoms with Gasteiger partial charge in [-0.15, -0.1) is 10.2 Å². The second kappa shape index (κ2) is 4.79. The van der Waals surface area contributed by atoms with Gasteiger partial charge in [0.1, 0.15) is 0 Å². The Balaban J connectivity index is 2.33. The highest BCUT2D eigenvalue weighted by Gasteiger charge is 2.24. The van der Waals surface area contributed by atoms with E-state index in [1.54, 1.807) is 30.5 Å². The minimum absolute atomic E-state index is 0.315. The summed E-state index contributed by atoms with van der Waals surface area (Å²) in [5, 5.41) is 19.3. The fraction of sp³-hybridized carbons (Fsp3) is 0.0833. The summed E-state index contributed by atoms with van der Waals surface area (Å²) < 4.78 is 24.8. The molecule has 1 aromatic carbocycles. The van der Waals surface area contributed by atoms with Gasteiger partial charge in [0, 0.05) is 11.4 Å². The molecule has 0 fully saturated rings. The molecule has 0 atom stereocenters. The number of primary sulfonamides is 1. The van der Waals surface area contributed by atoms with Crippen molar-refractivity contribution in [1.82, 2.24) is 25.0 Å². The van der Waals surface area contributed by atoms with E-state index in [2.05, 4.69) is 20.4 Å². The number of benzene rings is 1. The summed E-state index contributed by atoms with van der Waals surface area (Å²) in [5.41, 5.74) is 2.00. The van der Waals surface area contributed by atoms with Crippen molar-refractivity contribution in [3.05, 3.63) is 42.2 Å². The van der Waals surface area contributed by atoms with Crippen molar-refractivity contribution in [2.75, 3.05) is 0 Å². The predicted octanol–water partition coefficient (Wildman–Crippen LogP) is 0.613. The van der Waals surface area contributed by atoms with Gasteiger partial charge in [0.15, 0.2) is 5.82 Å². The van der Waals surface area contributed by atoms with Crippen LogP contribution in [-0.2, 0) is 10.0 Å². The summed E-state index contributed by atoms with van der Waals surface area (Å²) in [6.07, 6.45) is 1.56. The van der Waals surface area contributed by atoms with E-state index in [1.807, 2.05) is 13.0 Å². The lowest BCUT2D eigenvalue weighted by atomic mass is 10.2. The molecule has 3 rings (SSSR count). The molecule has 9 heteroatoms. The van der Waals surface area contributed by atoms with Crippen LogP contribution in [0.25, 0.3) is 17.1 Å². The van der Waals surface area contributed by atoms with E-state index in [4.69, 9.17) is 5.14 Å². The van der Waals surface area contributed by atoms with Gasteiger partial charge in [-0.1, -0.05) is 18.2 Å². The molecule has 2 aromatic heterocycles. The average Bonchev–Trinajstić information content (AvgIpc) is 3.04. The van der Waals surface area contributed by atoms with Crippen molar-refractivity contribution in [3.63, 3.8) is 0 Å². The maximum atomic E-state index is 11.7. The van der Waals surface area contributed by atoms with Crippen LogP contribution in [0.15, 0.2) is 41.7 Å². The van der Waals surface area contributed by atoms with E-state index in [-0.39, 0.29) is 5.16 Å². The number of nitrogens with two attached hydrogens (primary N) is 1. The fourth-order valence-electron chi connectivity index (χ4n) is 2.01. The average molecular weight is 304 g/mol.